The number of hydrogen-bond acceptors (Lipinski definition) is 2. The van der Waals surface area contributed by atoms with Crippen LogP contribution in [-0.2, 0) is 9.59 Å². The molecule has 66 valence electrons. The van der Waals surface area contributed by atoms with Gasteiger partial charge in [0.1, 0.15) is 0 Å². The van der Waals surface area contributed by atoms with Crippen LogP contribution in [-0.4, -0.2) is 11.6 Å². The molecule has 0 saturated heterocycles. The van der Waals surface area contributed by atoms with Crippen molar-refractivity contribution >= 4 is 11.6 Å². The fourth-order valence-corrected chi connectivity index (χ4v) is 2.80. The van der Waals surface area contributed by atoms with Gasteiger partial charge in [0.05, 0.1) is 0 Å². The Kier molecular flexibility index (Phi) is 1.20. The first-order valence-corrected chi connectivity index (χ1v) is 4.50. The van der Waals surface area contributed by atoms with Crippen LogP contribution in [0.5, 0.6) is 0 Å². The Hall–Kier alpha value is -0.660. The van der Waals surface area contributed by atoms with Crippen LogP contribution in [0.15, 0.2) is 0 Å². The largest absolute Gasteiger partial charge is 0.291 e. The standard InChI is InChI=1S/C10H14O2/c1-9(2)6-4-5-10(9,3)8(12)7(6)11/h6H,4-5H2,1-3H3/t6?,10-/m1/s1. The molecule has 0 aromatic rings. The highest BCUT2D eigenvalue weighted by Crippen LogP contribution is 2.61. The molecule has 0 aromatic carbocycles. The van der Waals surface area contributed by atoms with Crippen molar-refractivity contribution in [1.82, 2.24) is 0 Å². The quantitative estimate of drug-likeness (QED) is 0.512. The number of ketones is 2. The fraction of sp³-hybridized carbons (Fsp3) is 0.800. The number of Topliss-reactive ketones (excluding diaryl/α,β-unsaturated/α-hetero) is 2. The van der Waals surface area contributed by atoms with Crippen molar-refractivity contribution in [1.29, 1.82) is 0 Å². The predicted octanol–water partition coefficient (Wildman–Crippen LogP) is 1.58. The average Bonchev–Trinajstić information content (AvgIpc) is 2.26. The third-order valence-electron chi connectivity index (χ3n) is 4.27. The summed E-state index contributed by atoms with van der Waals surface area (Å²) in [6, 6.07) is 0. The minimum Gasteiger partial charge on any atom is -0.291 e. The highest BCUT2D eigenvalue weighted by molar-refractivity contribution is 6.43. The Morgan fingerprint density at radius 2 is 1.83 bits per heavy atom. The van der Waals surface area contributed by atoms with E-state index in [0.717, 1.165) is 12.8 Å². The van der Waals surface area contributed by atoms with Crippen molar-refractivity contribution in [3.8, 4) is 0 Å². The number of fused-ring (bicyclic) bond motifs is 2. The maximum Gasteiger partial charge on any atom is 0.205 e. The van der Waals surface area contributed by atoms with Crippen LogP contribution in [0, 0.1) is 16.7 Å². The number of hydrogen-bond donors (Lipinski definition) is 0. The molecule has 0 heterocycles. The summed E-state index contributed by atoms with van der Waals surface area (Å²) in [5, 5.41) is 0. The molecular formula is C10H14O2. The van der Waals surface area contributed by atoms with E-state index in [-0.39, 0.29) is 28.3 Å². The van der Waals surface area contributed by atoms with Gasteiger partial charge in [-0.15, -0.1) is 0 Å². The second kappa shape index (κ2) is 1.81. The first kappa shape index (κ1) is 7.96. The molecular weight excluding hydrogens is 152 g/mol. The molecule has 0 aromatic heterocycles. The van der Waals surface area contributed by atoms with E-state index in [1.807, 2.05) is 20.8 Å². The average molecular weight is 166 g/mol. The molecule has 0 aliphatic heterocycles. The molecule has 2 aliphatic carbocycles. The zero-order valence-electron chi connectivity index (χ0n) is 7.81. The van der Waals surface area contributed by atoms with Gasteiger partial charge in [-0.2, -0.15) is 0 Å². The second-order valence-electron chi connectivity index (χ2n) is 4.84. The highest BCUT2D eigenvalue weighted by atomic mass is 16.2. The zero-order chi connectivity index (χ0) is 9.15. The van der Waals surface area contributed by atoms with Crippen molar-refractivity contribution in [3.05, 3.63) is 0 Å². The van der Waals surface area contributed by atoms with Gasteiger partial charge in [0.25, 0.3) is 0 Å². The summed E-state index contributed by atoms with van der Waals surface area (Å²) < 4.78 is 0. The van der Waals surface area contributed by atoms with Crippen LogP contribution >= 0.6 is 0 Å². The summed E-state index contributed by atoms with van der Waals surface area (Å²) in [5.74, 6) is -0.229. The van der Waals surface area contributed by atoms with E-state index in [4.69, 9.17) is 0 Å². The van der Waals surface area contributed by atoms with Crippen LogP contribution < -0.4 is 0 Å². The lowest BCUT2D eigenvalue weighted by Crippen LogP contribution is -2.33. The molecule has 2 bridgehead atoms. The summed E-state index contributed by atoms with van der Waals surface area (Å²) in [5.41, 5.74) is -0.448. The maximum absolute atomic E-state index is 11.6. The molecule has 2 fully saturated rings. The molecule has 2 heteroatoms. The van der Waals surface area contributed by atoms with E-state index in [1.54, 1.807) is 0 Å². The molecule has 0 radical (unpaired) electrons. The van der Waals surface area contributed by atoms with E-state index in [1.165, 1.54) is 0 Å². The van der Waals surface area contributed by atoms with Gasteiger partial charge >= 0.3 is 0 Å². The van der Waals surface area contributed by atoms with Crippen molar-refractivity contribution in [2.75, 3.05) is 0 Å². The number of rotatable bonds is 0. The fourth-order valence-electron chi connectivity index (χ4n) is 2.80. The minimum absolute atomic E-state index is 0.00926. The smallest absolute Gasteiger partial charge is 0.205 e. The topological polar surface area (TPSA) is 34.1 Å². The molecule has 2 nitrogen and oxygen atoms in total. The monoisotopic (exact) mass is 166 g/mol. The van der Waals surface area contributed by atoms with Crippen molar-refractivity contribution in [2.45, 2.75) is 33.6 Å². The number of carbonyl (C=O) groups is 2. The zero-order valence-corrected chi connectivity index (χ0v) is 7.81. The van der Waals surface area contributed by atoms with Crippen LogP contribution in [0.1, 0.15) is 33.6 Å². The van der Waals surface area contributed by atoms with Gasteiger partial charge in [-0.05, 0) is 18.3 Å². The molecule has 2 atom stereocenters. The first-order chi connectivity index (χ1) is 5.41. The Morgan fingerprint density at radius 3 is 2.08 bits per heavy atom. The van der Waals surface area contributed by atoms with Crippen LogP contribution in [0.25, 0.3) is 0 Å². The normalized spacial score (nSPS) is 44.1. The molecule has 12 heavy (non-hydrogen) atoms. The second-order valence-corrected chi connectivity index (χ2v) is 4.84. The molecule has 0 spiro atoms. The summed E-state index contributed by atoms with van der Waals surface area (Å²) in [4.78, 5) is 23.0. The molecule has 1 unspecified atom stereocenters. The van der Waals surface area contributed by atoms with Gasteiger partial charge in [0.2, 0.25) is 11.6 Å². The Morgan fingerprint density at radius 1 is 1.25 bits per heavy atom. The third kappa shape index (κ3) is 0.551. The van der Waals surface area contributed by atoms with E-state index < -0.39 is 0 Å². The van der Waals surface area contributed by atoms with Crippen molar-refractivity contribution in [2.24, 2.45) is 16.7 Å². The molecule has 2 rings (SSSR count). The van der Waals surface area contributed by atoms with Crippen molar-refractivity contribution < 1.29 is 9.59 Å². The summed E-state index contributed by atoms with van der Waals surface area (Å²) >= 11 is 0. The lowest BCUT2D eigenvalue weighted by molar-refractivity contribution is -0.141. The summed E-state index contributed by atoms with van der Waals surface area (Å²) in [6.07, 6.45) is 1.81. The lowest BCUT2D eigenvalue weighted by Gasteiger charge is -2.31. The Labute approximate surface area is 72.3 Å². The van der Waals surface area contributed by atoms with Gasteiger partial charge in [-0.25, -0.2) is 0 Å². The van der Waals surface area contributed by atoms with Crippen molar-refractivity contribution in [3.63, 3.8) is 0 Å². The lowest BCUT2D eigenvalue weighted by atomic mass is 9.70. The molecule has 0 amide bonds. The van der Waals surface area contributed by atoms with E-state index in [2.05, 4.69) is 0 Å². The third-order valence-corrected chi connectivity index (χ3v) is 4.27. The summed E-state index contributed by atoms with van der Waals surface area (Å²) in [6.45, 7) is 6.04. The van der Waals surface area contributed by atoms with E-state index >= 15 is 0 Å². The van der Waals surface area contributed by atoms with Gasteiger partial charge in [0, 0.05) is 11.3 Å². The first-order valence-electron chi connectivity index (χ1n) is 4.50. The van der Waals surface area contributed by atoms with Gasteiger partial charge < -0.3 is 0 Å². The highest BCUT2D eigenvalue weighted by Gasteiger charge is 2.66. The van der Waals surface area contributed by atoms with Gasteiger partial charge in [-0.3, -0.25) is 9.59 Å². The molecule has 0 N–H and O–H groups in total. The SMILES string of the molecule is CC1(C)C2CC[C@]1(C)C(=O)C2=O. The van der Waals surface area contributed by atoms with Gasteiger partial charge in [0.15, 0.2) is 0 Å². The minimum atomic E-state index is -0.352. The predicted molar refractivity (Wildman–Crippen MR) is 44.6 cm³/mol. The maximum atomic E-state index is 11.6. The van der Waals surface area contributed by atoms with E-state index in [0.29, 0.717) is 0 Å². The van der Waals surface area contributed by atoms with Crippen LogP contribution in [0.2, 0.25) is 0 Å². The van der Waals surface area contributed by atoms with E-state index in [9.17, 15) is 9.59 Å². The Balaban J connectivity index is 2.58. The van der Waals surface area contributed by atoms with Gasteiger partial charge in [-0.1, -0.05) is 20.8 Å². The Bertz CT molecular complexity index is 278. The van der Waals surface area contributed by atoms with Crippen LogP contribution in [0.3, 0.4) is 0 Å². The molecule has 2 aliphatic rings. The number of carbonyl (C=O) groups excluding carboxylic acids is 2. The molecule has 2 saturated carbocycles. The summed E-state index contributed by atoms with van der Waals surface area (Å²) in [7, 11) is 0. The van der Waals surface area contributed by atoms with Crippen LogP contribution in [0.4, 0.5) is 0 Å².